The summed E-state index contributed by atoms with van der Waals surface area (Å²) in [5.41, 5.74) is 1.99. The monoisotopic (exact) mass is 285 g/mol. The zero-order valence-electron chi connectivity index (χ0n) is 11.1. The summed E-state index contributed by atoms with van der Waals surface area (Å²) < 4.78 is 0. The number of carbonyl (C=O) groups is 1. The summed E-state index contributed by atoms with van der Waals surface area (Å²) in [5.74, 6) is 0.519. The second kappa shape index (κ2) is 5.68. The predicted octanol–water partition coefficient (Wildman–Crippen LogP) is 3.97. The van der Waals surface area contributed by atoms with E-state index in [9.17, 15) is 4.79 Å². The molecule has 0 aliphatic carbocycles. The Labute approximate surface area is 124 Å². The molecular formula is C17H16ClNO. The molecule has 3 heteroatoms. The van der Waals surface area contributed by atoms with Gasteiger partial charge in [0, 0.05) is 29.6 Å². The fourth-order valence-electron chi connectivity index (χ4n) is 2.75. The van der Waals surface area contributed by atoms with Crippen LogP contribution in [0.15, 0.2) is 54.6 Å². The van der Waals surface area contributed by atoms with Gasteiger partial charge in [0.05, 0.1) is 0 Å². The highest BCUT2D eigenvalue weighted by atomic mass is 35.5. The SMILES string of the molecule is O=C(c1cccc(Cl)c1)N1CCC(c2ccccc2)C1. The molecule has 1 amide bonds. The Hall–Kier alpha value is -1.80. The minimum Gasteiger partial charge on any atom is -0.338 e. The largest absolute Gasteiger partial charge is 0.338 e. The zero-order valence-corrected chi connectivity index (χ0v) is 11.9. The zero-order chi connectivity index (χ0) is 13.9. The van der Waals surface area contributed by atoms with Gasteiger partial charge in [0.2, 0.25) is 0 Å². The van der Waals surface area contributed by atoms with Crippen LogP contribution < -0.4 is 0 Å². The standard InChI is InChI=1S/C17H16ClNO/c18-16-8-4-7-14(11-16)17(20)19-10-9-15(12-19)13-5-2-1-3-6-13/h1-8,11,15H,9-10,12H2. The second-order valence-corrected chi connectivity index (χ2v) is 5.59. The molecule has 0 radical (unpaired) electrons. The quantitative estimate of drug-likeness (QED) is 0.817. The number of hydrogen-bond acceptors (Lipinski definition) is 1. The molecule has 0 aromatic heterocycles. The van der Waals surface area contributed by atoms with Crippen LogP contribution >= 0.6 is 11.6 Å². The molecule has 0 spiro atoms. The number of amides is 1. The van der Waals surface area contributed by atoms with Gasteiger partial charge in [0.25, 0.3) is 5.91 Å². The van der Waals surface area contributed by atoms with Gasteiger partial charge in [-0.05, 0) is 30.2 Å². The summed E-state index contributed by atoms with van der Waals surface area (Å²) in [6.07, 6.45) is 1.02. The Morgan fingerprint density at radius 2 is 1.90 bits per heavy atom. The normalized spacial score (nSPS) is 18.2. The van der Waals surface area contributed by atoms with Crippen molar-refractivity contribution in [3.63, 3.8) is 0 Å². The summed E-state index contributed by atoms with van der Waals surface area (Å²) in [7, 11) is 0. The highest BCUT2D eigenvalue weighted by molar-refractivity contribution is 6.30. The number of nitrogens with zero attached hydrogens (tertiary/aromatic N) is 1. The third kappa shape index (κ3) is 2.70. The molecule has 3 rings (SSSR count). The minimum absolute atomic E-state index is 0.0749. The van der Waals surface area contributed by atoms with Crippen LogP contribution in [0.5, 0.6) is 0 Å². The van der Waals surface area contributed by atoms with E-state index in [1.165, 1.54) is 5.56 Å². The number of benzene rings is 2. The van der Waals surface area contributed by atoms with Crippen molar-refractivity contribution in [2.24, 2.45) is 0 Å². The minimum atomic E-state index is 0.0749. The maximum Gasteiger partial charge on any atom is 0.253 e. The lowest BCUT2D eigenvalue weighted by atomic mass is 9.99. The fourth-order valence-corrected chi connectivity index (χ4v) is 2.94. The maximum absolute atomic E-state index is 12.4. The molecule has 1 unspecified atom stereocenters. The van der Waals surface area contributed by atoms with Crippen molar-refractivity contribution in [2.45, 2.75) is 12.3 Å². The number of likely N-dealkylation sites (tertiary alicyclic amines) is 1. The van der Waals surface area contributed by atoms with E-state index in [0.717, 1.165) is 19.5 Å². The first kappa shape index (κ1) is 13.2. The van der Waals surface area contributed by atoms with Crippen molar-refractivity contribution in [1.29, 1.82) is 0 Å². The molecule has 2 aromatic carbocycles. The third-order valence-electron chi connectivity index (χ3n) is 3.82. The van der Waals surface area contributed by atoms with Crippen LogP contribution in [0.4, 0.5) is 0 Å². The summed E-state index contributed by atoms with van der Waals surface area (Å²) in [4.78, 5) is 14.4. The summed E-state index contributed by atoms with van der Waals surface area (Å²) in [6.45, 7) is 1.60. The van der Waals surface area contributed by atoms with Crippen molar-refractivity contribution in [3.05, 3.63) is 70.7 Å². The first-order valence-corrected chi connectivity index (χ1v) is 7.21. The summed E-state index contributed by atoms with van der Waals surface area (Å²) in [5, 5.41) is 0.606. The molecule has 20 heavy (non-hydrogen) atoms. The van der Waals surface area contributed by atoms with Crippen LogP contribution in [0.25, 0.3) is 0 Å². The van der Waals surface area contributed by atoms with Gasteiger partial charge < -0.3 is 4.90 Å². The van der Waals surface area contributed by atoms with Crippen LogP contribution in [0.2, 0.25) is 5.02 Å². The number of halogens is 1. The van der Waals surface area contributed by atoms with Gasteiger partial charge in [0.15, 0.2) is 0 Å². The van der Waals surface area contributed by atoms with Gasteiger partial charge in [0.1, 0.15) is 0 Å². The lowest BCUT2D eigenvalue weighted by Crippen LogP contribution is -2.28. The van der Waals surface area contributed by atoms with Crippen LogP contribution in [0.3, 0.4) is 0 Å². The van der Waals surface area contributed by atoms with E-state index in [-0.39, 0.29) is 5.91 Å². The van der Waals surface area contributed by atoms with Crippen molar-refractivity contribution < 1.29 is 4.79 Å². The molecule has 2 nitrogen and oxygen atoms in total. The lowest BCUT2D eigenvalue weighted by Gasteiger charge is -2.17. The first-order valence-electron chi connectivity index (χ1n) is 6.84. The van der Waals surface area contributed by atoms with Gasteiger partial charge in [-0.3, -0.25) is 4.79 Å². The van der Waals surface area contributed by atoms with Crippen LogP contribution in [0, 0.1) is 0 Å². The topological polar surface area (TPSA) is 20.3 Å². The molecule has 102 valence electrons. The van der Waals surface area contributed by atoms with E-state index >= 15 is 0 Å². The molecule has 1 heterocycles. The Morgan fingerprint density at radius 1 is 1.10 bits per heavy atom. The molecule has 0 saturated carbocycles. The van der Waals surface area contributed by atoms with Gasteiger partial charge in [-0.25, -0.2) is 0 Å². The molecule has 1 saturated heterocycles. The van der Waals surface area contributed by atoms with Gasteiger partial charge >= 0.3 is 0 Å². The van der Waals surface area contributed by atoms with E-state index in [0.29, 0.717) is 16.5 Å². The molecule has 2 aromatic rings. The molecule has 1 aliphatic heterocycles. The van der Waals surface area contributed by atoms with Gasteiger partial charge in [-0.1, -0.05) is 48.0 Å². The Kier molecular flexibility index (Phi) is 3.75. The average Bonchev–Trinajstić information content (AvgIpc) is 2.97. The van der Waals surface area contributed by atoms with Crippen molar-refractivity contribution in [2.75, 3.05) is 13.1 Å². The maximum atomic E-state index is 12.4. The van der Waals surface area contributed by atoms with Crippen molar-refractivity contribution in [1.82, 2.24) is 4.90 Å². The summed E-state index contributed by atoms with van der Waals surface area (Å²) >= 11 is 5.95. The van der Waals surface area contributed by atoms with E-state index in [4.69, 9.17) is 11.6 Å². The van der Waals surface area contributed by atoms with Crippen LogP contribution in [-0.4, -0.2) is 23.9 Å². The Balaban J connectivity index is 1.73. The fraction of sp³-hybridized carbons (Fsp3) is 0.235. The number of carbonyl (C=O) groups excluding carboxylic acids is 1. The molecular weight excluding hydrogens is 270 g/mol. The van der Waals surface area contributed by atoms with Crippen LogP contribution in [-0.2, 0) is 0 Å². The Morgan fingerprint density at radius 3 is 2.65 bits per heavy atom. The lowest BCUT2D eigenvalue weighted by molar-refractivity contribution is 0.0791. The highest BCUT2D eigenvalue weighted by Crippen LogP contribution is 2.28. The van der Waals surface area contributed by atoms with Gasteiger partial charge in [-0.15, -0.1) is 0 Å². The van der Waals surface area contributed by atoms with Crippen molar-refractivity contribution >= 4 is 17.5 Å². The van der Waals surface area contributed by atoms with E-state index in [1.807, 2.05) is 23.1 Å². The van der Waals surface area contributed by atoms with Gasteiger partial charge in [-0.2, -0.15) is 0 Å². The third-order valence-corrected chi connectivity index (χ3v) is 4.05. The highest BCUT2D eigenvalue weighted by Gasteiger charge is 2.27. The van der Waals surface area contributed by atoms with E-state index < -0.39 is 0 Å². The Bertz CT molecular complexity index is 611. The number of rotatable bonds is 2. The molecule has 1 fully saturated rings. The predicted molar refractivity (Wildman–Crippen MR) is 81.2 cm³/mol. The smallest absolute Gasteiger partial charge is 0.253 e. The van der Waals surface area contributed by atoms with Crippen molar-refractivity contribution in [3.8, 4) is 0 Å². The summed E-state index contributed by atoms with van der Waals surface area (Å²) in [6, 6.07) is 17.6. The van der Waals surface area contributed by atoms with Crippen LogP contribution in [0.1, 0.15) is 28.3 Å². The molecule has 1 aliphatic rings. The average molecular weight is 286 g/mol. The first-order chi connectivity index (χ1) is 9.74. The molecule has 0 N–H and O–H groups in total. The molecule has 1 atom stereocenters. The second-order valence-electron chi connectivity index (χ2n) is 5.16. The van der Waals surface area contributed by atoms with E-state index in [1.54, 1.807) is 12.1 Å². The van der Waals surface area contributed by atoms with E-state index in [2.05, 4.69) is 24.3 Å². The number of hydrogen-bond donors (Lipinski definition) is 0. The molecule has 0 bridgehead atoms.